The van der Waals surface area contributed by atoms with E-state index in [1.54, 1.807) is 0 Å². The summed E-state index contributed by atoms with van der Waals surface area (Å²) in [4.78, 5) is 0. The fourth-order valence-corrected chi connectivity index (χ4v) is 2.77. The van der Waals surface area contributed by atoms with Gasteiger partial charge in [0.25, 0.3) is 0 Å². The van der Waals surface area contributed by atoms with Crippen molar-refractivity contribution in [3.05, 3.63) is 34.3 Å². The van der Waals surface area contributed by atoms with Crippen LogP contribution in [0, 0.1) is 5.92 Å². The molecule has 0 aliphatic heterocycles. The number of nitrogens with two attached hydrogens (primary N) is 1. The molecule has 82 valence electrons. The van der Waals surface area contributed by atoms with Crippen molar-refractivity contribution in [1.82, 2.24) is 0 Å². The minimum Gasteiger partial charge on any atom is -0.330 e. The molecule has 1 aromatic rings. The summed E-state index contributed by atoms with van der Waals surface area (Å²) < 4.78 is 1.16. The number of rotatable bonds is 4. The summed E-state index contributed by atoms with van der Waals surface area (Å²) in [6.45, 7) is 3.14. The van der Waals surface area contributed by atoms with Crippen LogP contribution in [-0.4, -0.2) is 6.54 Å². The lowest BCUT2D eigenvalue weighted by Gasteiger charge is -2.23. The highest BCUT2D eigenvalue weighted by atomic mass is 79.9. The van der Waals surface area contributed by atoms with Crippen LogP contribution in [-0.2, 0) is 5.41 Å². The lowest BCUT2D eigenvalue weighted by Crippen LogP contribution is -2.20. The van der Waals surface area contributed by atoms with E-state index in [0.717, 1.165) is 17.4 Å². The van der Waals surface area contributed by atoms with Crippen molar-refractivity contribution in [3.63, 3.8) is 0 Å². The third-order valence-electron chi connectivity index (χ3n) is 3.75. The molecule has 1 fully saturated rings. The van der Waals surface area contributed by atoms with Gasteiger partial charge in [0.05, 0.1) is 0 Å². The molecule has 1 nitrogen and oxygen atoms in total. The molecule has 2 heteroatoms. The van der Waals surface area contributed by atoms with E-state index >= 15 is 0 Å². The van der Waals surface area contributed by atoms with Crippen LogP contribution in [0.2, 0.25) is 0 Å². The first-order valence-electron chi connectivity index (χ1n) is 5.65. The fraction of sp³-hybridized carbons (Fsp3) is 0.538. The van der Waals surface area contributed by atoms with Gasteiger partial charge in [-0.25, -0.2) is 0 Å². The Kier molecular flexibility index (Phi) is 3.17. The van der Waals surface area contributed by atoms with Crippen LogP contribution in [0.3, 0.4) is 0 Å². The molecule has 1 atom stereocenters. The Morgan fingerprint density at radius 1 is 1.33 bits per heavy atom. The van der Waals surface area contributed by atoms with Gasteiger partial charge in [-0.15, -0.1) is 0 Å². The molecule has 2 N–H and O–H groups in total. The second-order valence-corrected chi connectivity index (χ2v) is 5.56. The first-order chi connectivity index (χ1) is 7.19. The maximum Gasteiger partial charge on any atom is 0.0175 e. The quantitative estimate of drug-likeness (QED) is 0.889. The Morgan fingerprint density at radius 2 is 1.93 bits per heavy atom. The first-order valence-corrected chi connectivity index (χ1v) is 6.44. The highest BCUT2D eigenvalue weighted by Crippen LogP contribution is 2.54. The first kappa shape index (κ1) is 11.2. The van der Waals surface area contributed by atoms with E-state index in [1.807, 2.05) is 0 Å². The molecule has 15 heavy (non-hydrogen) atoms. The average Bonchev–Trinajstić information content (AvgIpc) is 3.00. The highest BCUT2D eigenvalue weighted by Gasteiger charge is 2.47. The Hall–Kier alpha value is -0.340. The number of halogens is 1. The third-order valence-corrected chi connectivity index (χ3v) is 4.28. The molecule has 1 aliphatic carbocycles. The minimum absolute atomic E-state index is 0.445. The van der Waals surface area contributed by atoms with Crippen LogP contribution in [0.25, 0.3) is 0 Å². The van der Waals surface area contributed by atoms with E-state index in [0.29, 0.717) is 11.3 Å². The molecular weight excluding hydrogens is 250 g/mol. The molecule has 0 spiro atoms. The molecule has 0 heterocycles. The van der Waals surface area contributed by atoms with E-state index in [1.165, 1.54) is 18.4 Å². The second-order valence-electron chi connectivity index (χ2n) is 4.64. The summed E-state index contributed by atoms with van der Waals surface area (Å²) in [5.74, 6) is 0.712. The van der Waals surface area contributed by atoms with Crippen LogP contribution in [0.5, 0.6) is 0 Å². The summed E-state index contributed by atoms with van der Waals surface area (Å²) >= 11 is 3.48. The van der Waals surface area contributed by atoms with Crippen molar-refractivity contribution < 1.29 is 0 Å². The molecule has 0 bridgehead atoms. The SMILES string of the molecule is CC(CCN)C1(c2ccc(Br)cc2)CC1. The summed E-state index contributed by atoms with van der Waals surface area (Å²) in [5.41, 5.74) is 7.59. The standard InChI is InChI=1S/C13H18BrN/c1-10(6-9-15)13(7-8-13)11-2-4-12(14)5-3-11/h2-5,10H,6-9,15H2,1H3. The molecule has 1 aromatic carbocycles. The number of hydrogen-bond donors (Lipinski definition) is 1. The van der Waals surface area contributed by atoms with Crippen molar-refractivity contribution >= 4 is 15.9 Å². The van der Waals surface area contributed by atoms with Gasteiger partial charge in [-0.1, -0.05) is 35.0 Å². The Bertz CT molecular complexity index is 327. The Labute approximate surface area is 100 Å². The van der Waals surface area contributed by atoms with Crippen LogP contribution in [0.15, 0.2) is 28.7 Å². The zero-order valence-corrected chi connectivity index (χ0v) is 10.8. The van der Waals surface area contributed by atoms with Gasteiger partial charge in [0, 0.05) is 4.47 Å². The van der Waals surface area contributed by atoms with Crippen molar-refractivity contribution in [2.24, 2.45) is 11.7 Å². The number of hydrogen-bond acceptors (Lipinski definition) is 1. The summed E-state index contributed by atoms with van der Waals surface area (Å²) in [7, 11) is 0. The molecule has 1 unspecified atom stereocenters. The van der Waals surface area contributed by atoms with Gasteiger partial charge < -0.3 is 5.73 Å². The van der Waals surface area contributed by atoms with Gasteiger partial charge in [-0.05, 0) is 54.8 Å². The van der Waals surface area contributed by atoms with E-state index in [-0.39, 0.29) is 0 Å². The highest BCUT2D eigenvalue weighted by molar-refractivity contribution is 9.10. The number of benzene rings is 1. The monoisotopic (exact) mass is 267 g/mol. The smallest absolute Gasteiger partial charge is 0.0175 e. The molecular formula is C13H18BrN. The molecule has 0 amide bonds. The van der Waals surface area contributed by atoms with Crippen molar-refractivity contribution in [3.8, 4) is 0 Å². The zero-order valence-electron chi connectivity index (χ0n) is 9.17. The van der Waals surface area contributed by atoms with Crippen LogP contribution in [0.4, 0.5) is 0 Å². The van der Waals surface area contributed by atoms with E-state index in [4.69, 9.17) is 5.73 Å². The normalized spacial score (nSPS) is 19.9. The predicted octanol–water partition coefficient (Wildman–Crippen LogP) is 3.47. The summed E-state index contributed by atoms with van der Waals surface area (Å²) in [6.07, 6.45) is 3.79. The lowest BCUT2D eigenvalue weighted by atomic mass is 9.82. The van der Waals surface area contributed by atoms with Crippen molar-refractivity contribution in [1.29, 1.82) is 0 Å². The molecule has 0 saturated heterocycles. The summed E-state index contributed by atoms with van der Waals surface area (Å²) in [6, 6.07) is 8.79. The molecule has 1 saturated carbocycles. The van der Waals surface area contributed by atoms with Gasteiger partial charge in [0.2, 0.25) is 0 Å². The van der Waals surface area contributed by atoms with Crippen molar-refractivity contribution in [2.45, 2.75) is 31.6 Å². The third kappa shape index (κ3) is 2.11. The summed E-state index contributed by atoms with van der Waals surface area (Å²) in [5, 5.41) is 0. The molecule has 1 aliphatic rings. The fourth-order valence-electron chi connectivity index (χ4n) is 2.51. The largest absolute Gasteiger partial charge is 0.330 e. The Morgan fingerprint density at radius 3 is 2.40 bits per heavy atom. The van der Waals surface area contributed by atoms with Gasteiger partial charge in [0.15, 0.2) is 0 Å². The van der Waals surface area contributed by atoms with Gasteiger partial charge in [-0.2, -0.15) is 0 Å². The second kappa shape index (κ2) is 4.26. The van der Waals surface area contributed by atoms with Gasteiger partial charge in [0.1, 0.15) is 0 Å². The molecule has 0 aromatic heterocycles. The lowest BCUT2D eigenvalue weighted by molar-refractivity contribution is 0.416. The van der Waals surface area contributed by atoms with Crippen LogP contribution >= 0.6 is 15.9 Å². The average molecular weight is 268 g/mol. The van der Waals surface area contributed by atoms with E-state index in [9.17, 15) is 0 Å². The maximum absolute atomic E-state index is 5.65. The Balaban J connectivity index is 2.19. The van der Waals surface area contributed by atoms with E-state index in [2.05, 4.69) is 47.1 Å². The van der Waals surface area contributed by atoms with Crippen LogP contribution < -0.4 is 5.73 Å². The van der Waals surface area contributed by atoms with Crippen LogP contribution in [0.1, 0.15) is 31.7 Å². The minimum atomic E-state index is 0.445. The maximum atomic E-state index is 5.65. The predicted molar refractivity (Wildman–Crippen MR) is 67.9 cm³/mol. The van der Waals surface area contributed by atoms with Gasteiger partial charge in [-0.3, -0.25) is 0 Å². The molecule has 2 rings (SSSR count). The van der Waals surface area contributed by atoms with Gasteiger partial charge >= 0.3 is 0 Å². The van der Waals surface area contributed by atoms with Crippen molar-refractivity contribution in [2.75, 3.05) is 6.54 Å². The molecule has 0 radical (unpaired) electrons. The van der Waals surface area contributed by atoms with E-state index < -0.39 is 0 Å². The topological polar surface area (TPSA) is 26.0 Å². The zero-order chi connectivity index (χ0) is 10.9.